The zero-order valence-electron chi connectivity index (χ0n) is 8.85. The molecule has 2 N–H and O–H groups in total. The molecule has 1 aromatic carbocycles. The van der Waals surface area contributed by atoms with Gasteiger partial charge in [0, 0.05) is 0 Å². The van der Waals surface area contributed by atoms with E-state index in [4.69, 9.17) is 0 Å². The van der Waals surface area contributed by atoms with E-state index in [1.165, 1.54) is 0 Å². The molecule has 0 amide bonds. The van der Waals surface area contributed by atoms with Crippen molar-refractivity contribution in [3.05, 3.63) is 35.9 Å². The molecule has 0 heterocycles. The van der Waals surface area contributed by atoms with Gasteiger partial charge < -0.3 is 10.2 Å². The second-order valence-corrected chi connectivity index (χ2v) is 3.41. The summed E-state index contributed by atoms with van der Waals surface area (Å²) in [6.07, 6.45) is 0.0947. The SMILES string of the molecule is CCCC(O)C#CC(O)c1ccccc1. The largest absolute Gasteiger partial charge is 0.380 e. The van der Waals surface area contributed by atoms with Gasteiger partial charge in [0.15, 0.2) is 0 Å². The standard InChI is InChI=1S/C13H16O2/c1-2-6-12(14)9-10-13(15)11-7-4-3-5-8-11/h3-5,7-8,12-15H,2,6H2,1H3. The van der Waals surface area contributed by atoms with Gasteiger partial charge in [-0.05, 0) is 12.0 Å². The van der Waals surface area contributed by atoms with E-state index in [2.05, 4.69) is 11.8 Å². The van der Waals surface area contributed by atoms with Gasteiger partial charge in [-0.25, -0.2) is 0 Å². The molecule has 0 bridgehead atoms. The zero-order valence-corrected chi connectivity index (χ0v) is 8.85. The van der Waals surface area contributed by atoms with Gasteiger partial charge in [0.25, 0.3) is 0 Å². The van der Waals surface area contributed by atoms with Gasteiger partial charge in [-0.3, -0.25) is 0 Å². The van der Waals surface area contributed by atoms with Gasteiger partial charge >= 0.3 is 0 Å². The summed E-state index contributed by atoms with van der Waals surface area (Å²) in [4.78, 5) is 0. The summed E-state index contributed by atoms with van der Waals surface area (Å²) in [6.45, 7) is 1.98. The van der Waals surface area contributed by atoms with Crippen LogP contribution in [0.5, 0.6) is 0 Å². The van der Waals surface area contributed by atoms with Gasteiger partial charge in [0.1, 0.15) is 12.2 Å². The highest BCUT2D eigenvalue weighted by atomic mass is 16.3. The third kappa shape index (κ3) is 4.16. The first-order valence-electron chi connectivity index (χ1n) is 5.16. The van der Waals surface area contributed by atoms with Crippen molar-refractivity contribution in [3.8, 4) is 11.8 Å². The van der Waals surface area contributed by atoms with Crippen LogP contribution in [0, 0.1) is 11.8 Å². The number of rotatable bonds is 3. The zero-order chi connectivity index (χ0) is 11.1. The lowest BCUT2D eigenvalue weighted by Crippen LogP contribution is -2.02. The molecule has 2 atom stereocenters. The van der Waals surface area contributed by atoms with Crippen LogP contribution < -0.4 is 0 Å². The first kappa shape index (κ1) is 11.8. The Kier molecular flexibility index (Phi) is 4.89. The molecular weight excluding hydrogens is 188 g/mol. The van der Waals surface area contributed by atoms with E-state index >= 15 is 0 Å². The lowest BCUT2D eigenvalue weighted by atomic mass is 10.1. The maximum Gasteiger partial charge on any atom is 0.140 e. The summed E-state index contributed by atoms with van der Waals surface area (Å²) < 4.78 is 0. The lowest BCUT2D eigenvalue weighted by Gasteiger charge is -2.03. The fourth-order valence-corrected chi connectivity index (χ4v) is 1.24. The van der Waals surface area contributed by atoms with Crippen molar-refractivity contribution in [3.63, 3.8) is 0 Å². The highest BCUT2D eigenvalue weighted by molar-refractivity contribution is 5.25. The third-order valence-electron chi connectivity index (χ3n) is 2.06. The Bertz CT molecular complexity index is 335. The number of hydrogen-bond donors (Lipinski definition) is 2. The first-order chi connectivity index (χ1) is 7.24. The van der Waals surface area contributed by atoms with Gasteiger partial charge in [-0.15, -0.1) is 0 Å². The Morgan fingerprint density at radius 2 is 1.80 bits per heavy atom. The molecule has 1 rings (SSSR count). The molecule has 0 radical (unpaired) electrons. The van der Waals surface area contributed by atoms with Crippen molar-refractivity contribution in [2.75, 3.05) is 0 Å². The molecule has 0 fully saturated rings. The Morgan fingerprint density at radius 1 is 1.13 bits per heavy atom. The molecule has 0 saturated carbocycles. The second-order valence-electron chi connectivity index (χ2n) is 3.41. The fraction of sp³-hybridized carbons (Fsp3) is 0.385. The van der Waals surface area contributed by atoms with Crippen molar-refractivity contribution in [1.82, 2.24) is 0 Å². The maximum atomic E-state index is 9.65. The van der Waals surface area contributed by atoms with E-state index in [0.29, 0.717) is 6.42 Å². The number of hydrogen-bond acceptors (Lipinski definition) is 2. The topological polar surface area (TPSA) is 40.5 Å². The summed E-state index contributed by atoms with van der Waals surface area (Å²) in [5.74, 6) is 5.28. The predicted molar refractivity (Wildman–Crippen MR) is 60.1 cm³/mol. The fourth-order valence-electron chi connectivity index (χ4n) is 1.24. The normalized spacial score (nSPS) is 13.8. The van der Waals surface area contributed by atoms with E-state index < -0.39 is 12.2 Å². The summed E-state index contributed by atoms with van der Waals surface area (Å²) >= 11 is 0. The monoisotopic (exact) mass is 204 g/mol. The minimum absolute atomic E-state index is 0.631. The molecular formula is C13H16O2. The second kappa shape index (κ2) is 6.23. The molecule has 0 aromatic heterocycles. The van der Waals surface area contributed by atoms with E-state index in [0.717, 1.165) is 12.0 Å². The van der Waals surface area contributed by atoms with Gasteiger partial charge in [-0.1, -0.05) is 55.5 Å². The Morgan fingerprint density at radius 3 is 2.40 bits per heavy atom. The molecule has 1 aromatic rings. The summed E-state index contributed by atoms with van der Waals surface area (Å²) in [5.41, 5.74) is 0.758. The van der Waals surface area contributed by atoms with E-state index in [1.807, 2.05) is 37.3 Å². The average molecular weight is 204 g/mol. The van der Waals surface area contributed by atoms with Crippen molar-refractivity contribution in [1.29, 1.82) is 0 Å². The maximum absolute atomic E-state index is 9.65. The van der Waals surface area contributed by atoms with Gasteiger partial charge in [0.2, 0.25) is 0 Å². The molecule has 2 unspecified atom stereocenters. The minimum atomic E-state index is -0.808. The summed E-state index contributed by atoms with van der Waals surface area (Å²) in [6, 6.07) is 9.21. The molecule has 0 aliphatic heterocycles. The smallest absolute Gasteiger partial charge is 0.140 e. The molecule has 2 nitrogen and oxygen atoms in total. The first-order valence-corrected chi connectivity index (χ1v) is 5.16. The molecule has 15 heavy (non-hydrogen) atoms. The van der Waals surface area contributed by atoms with Crippen LogP contribution in [0.15, 0.2) is 30.3 Å². The van der Waals surface area contributed by atoms with Crippen molar-refractivity contribution < 1.29 is 10.2 Å². The number of benzene rings is 1. The highest BCUT2D eigenvalue weighted by Gasteiger charge is 2.02. The van der Waals surface area contributed by atoms with Crippen LogP contribution in [-0.4, -0.2) is 16.3 Å². The lowest BCUT2D eigenvalue weighted by molar-refractivity contribution is 0.216. The molecule has 0 aliphatic carbocycles. The van der Waals surface area contributed by atoms with Gasteiger partial charge in [0.05, 0.1) is 0 Å². The Hall–Kier alpha value is -1.30. The summed E-state index contributed by atoms with van der Waals surface area (Å²) in [5, 5.41) is 19.0. The van der Waals surface area contributed by atoms with Crippen LogP contribution in [0.25, 0.3) is 0 Å². The minimum Gasteiger partial charge on any atom is -0.380 e. The summed E-state index contributed by atoms with van der Waals surface area (Å²) in [7, 11) is 0. The van der Waals surface area contributed by atoms with Crippen LogP contribution in [0.3, 0.4) is 0 Å². The van der Waals surface area contributed by atoms with E-state index in [-0.39, 0.29) is 0 Å². The molecule has 0 spiro atoms. The highest BCUT2D eigenvalue weighted by Crippen LogP contribution is 2.10. The molecule has 80 valence electrons. The Balaban J connectivity index is 2.59. The number of aliphatic hydroxyl groups excluding tert-OH is 2. The van der Waals surface area contributed by atoms with Crippen LogP contribution in [0.4, 0.5) is 0 Å². The number of aliphatic hydroxyl groups is 2. The van der Waals surface area contributed by atoms with Crippen molar-refractivity contribution in [2.24, 2.45) is 0 Å². The van der Waals surface area contributed by atoms with Crippen LogP contribution in [-0.2, 0) is 0 Å². The molecule has 0 aliphatic rings. The third-order valence-corrected chi connectivity index (χ3v) is 2.06. The quantitative estimate of drug-likeness (QED) is 0.738. The van der Waals surface area contributed by atoms with Crippen molar-refractivity contribution >= 4 is 0 Å². The predicted octanol–water partition coefficient (Wildman–Crippen LogP) is 1.88. The molecule has 0 saturated heterocycles. The van der Waals surface area contributed by atoms with Crippen LogP contribution in [0.2, 0.25) is 0 Å². The Labute approximate surface area is 90.6 Å². The van der Waals surface area contributed by atoms with Crippen molar-refractivity contribution in [2.45, 2.75) is 32.0 Å². The van der Waals surface area contributed by atoms with Crippen LogP contribution in [0.1, 0.15) is 31.4 Å². The van der Waals surface area contributed by atoms with E-state index in [1.54, 1.807) is 0 Å². The van der Waals surface area contributed by atoms with E-state index in [9.17, 15) is 10.2 Å². The molecule has 2 heteroatoms. The van der Waals surface area contributed by atoms with Gasteiger partial charge in [-0.2, -0.15) is 0 Å². The average Bonchev–Trinajstić information content (AvgIpc) is 2.27. The van der Waals surface area contributed by atoms with Crippen LogP contribution >= 0.6 is 0 Å².